The molecule has 1 amide bonds. The van der Waals surface area contributed by atoms with Crippen LogP contribution >= 0.6 is 24.2 Å². The third-order valence-corrected chi connectivity index (χ3v) is 5.68. The number of amides is 1. The predicted octanol–water partition coefficient (Wildman–Crippen LogP) is 2.72. The number of hydrogen-bond donors (Lipinski definition) is 2. The van der Waals surface area contributed by atoms with Gasteiger partial charge in [-0.15, -0.1) is 24.2 Å². The Hall–Kier alpha value is -0.950. The second-order valence-corrected chi connectivity index (χ2v) is 7.35. The summed E-state index contributed by atoms with van der Waals surface area (Å²) in [6.45, 7) is 4.18. The van der Waals surface area contributed by atoms with Gasteiger partial charge in [-0.05, 0) is 36.8 Å². The Kier molecular flexibility index (Phi) is 10.3. The van der Waals surface area contributed by atoms with Gasteiger partial charge in [0.25, 0.3) is 0 Å². The zero-order valence-corrected chi connectivity index (χ0v) is 16.5. The molecule has 25 heavy (non-hydrogen) atoms. The number of hydrogen-bond acceptors (Lipinski definition) is 5. The summed E-state index contributed by atoms with van der Waals surface area (Å²) in [5, 5.41) is 3.00. The van der Waals surface area contributed by atoms with E-state index < -0.39 is 6.04 Å². The van der Waals surface area contributed by atoms with E-state index in [0.29, 0.717) is 25.7 Å². The fourth-order valence-corrected chi connectivity index (χ4v) is 3.76. The third-order valence-electron chi connectivity index (χ3n) is 4.29. The second-order valence-electron chi connectivity index (χ2n) is 6.29. The SMILES string of the molecule is COc1ccccc1SCC(C)CNC(=O)C(N)C1CCOCC1.Cl. The minimum absolute atomic E-state index is 0. The zero-order chi connectivity index (χ0) is 17.4. The number of para-hydroxylation sites is 1. The minimum Gasteiger partial charge on any atom is -0.496 e. The van der Waals surface area contributed by atoms with Gasteiger partial charge in [-0.1, -0.05) is 19.1 Å². The van der Waals surface area contributed by atoms with Crippen molar-refractivity contribution in [1.82, 2.24) is 5.32 Å². The molecule has 7 heteroatoms. The molecule has 2 unspecified atom stereocenters. The molecule has 2 atom stereocenters. The topological polar surface area (TPSA) is 73.6 Å². The third kappa shape index (κ3) is 7.05. The lowest BCUT2D eigenvalue weighted by Gasteiger charge is -2.27. The van der Waals surface area contributed by atoms with E-state index in [-0.39, 0.29) is 24.2 Å². The van der Waals surface area contributed by atoms with E-state index in [2.05, 4.69) is 18.3 Å². The molecule has 1 aromatic carbocycles. The molecule has 0 radical (unpaired) electrons. The quantitative estimate of drug-likeness (QED) is 0.670. The smallest absolute Gasteiger partial charge is 0.237 e. The van der Waals surface area contributed by atoms with Gasteiger partial charge in [-0.3, -0.25) is 4.79 Å². The number of benzene rings is 1. The standard InChI is InChI=1S/C18H28N2O3S.ClH/c1-13(12-24-16-6-4-3-5-15(16)22-2)11-20-18(21)17(19)14-7-9-23-10-8-14;/h3-6,13-14,17H,7-12,19H2,1-2H3,(H,20,21);1H. The highest BCUT2D eigenvalue weighted by atomic mass is 35.5. The first-order valence-corrected chi connectivity index (χ1v) is 9.47. The van der Waals surface area contributed by atoms with E-state index in [9.17, 15) is 4.79 Å². The Morgan fingerprint density at radius 2 is 2.08 bits per heavy atom. The van der Waals surface area contributed by atoms with Crippen LogP contribution in [0.1, 0.15) is 19.8 Å². The molecule has 0 aliphatic carbocycles. The summed E-state index contributed by atoms with van der Waals surface area (Å²) in [4.78, 5) is 13.3. The number of methoxy groups -OCH3 is 1. The van der Waals surface area contributed by atoms with Crippen molar-refractivity contribution in [1.29, 1.82) is 0 Å². The number of rotatable bonds is 8. The summed E-state index contributed by atoms with van der Waals surface area (Å²) < 4.78 is 10.7. The summed E-state index contributed by atoms with van der Waals surface area (Å²) in [5.74, 6) is 2.34. The van der Waals surface area contributed by atoms with Gasteiger partial charge in [0, 0.05) is 30.4 Å². The van der Waals surface area contributed by atoms with Crippen molar-refractivity contribution in [3.8, 4) is 5.75 Å². The molecular formula is C18H29ClN2O3S. The molecule has 5 nitrogen and oxygen atoms in total. The van der Waals surface area contributed by atoms with Crippen LogP contribution in [0.15, 0.2) is 29.2 Å². The molecule has 0 saturated carbocycles. The van der Waals surface area contributed by atoms with Crippen LogP contribution in [0.5, 0.6) is 5.75 Å². The Morgan fingerprint density at radius 3 is 2.76 bits per heavy atom. The van der Waals surface area contributed by atoms with E-state index in [1.54, 1.807) is 18.9 Å². The molecule has 0 spiro atoms. The van der Waals surface area contributed by atoms with E-state index in [0.717, 1.165) is 29.2 Å². The number of ether oxygens (including phenoxy) is 2. The van der Waals surface area contributed by atoms with Crippen LogP contribution in [0.25, 0.3) is 0 Å². The lowest BCUT2D eigenvalue weighted by atomic mass is 9.92. The van der Waals surface area contributed by atoms with Crippen LogP contribution in [0.2, 0.25) is 0 Å². The Labute approximate surface area is 160 Å². The lowest BCUT2D eigenvalue weighted by Crippen LogP contribution is -2.48. The predicted molar refractivity (Wildman–Crippen MR) is 105 cm³/mol. The van der Waals surface area contributed by atoms with Crippen molar-refractivity contribution in [2.75, 3.05) is 32.6 Å². The molecule has 1 aliphatic rings. The largest absolute Gasteiger partial charge is 0.496 e. The maximum absolute atomic E-state index is 12.2. The van der Waals surface area contributed by atoms with Gasteiger partial charge in [-0.2, -0.15) is 0 Å². The molecule has 0 aromatic heterocycles. The summed E-state index contributed by atoms with van der Waals surface area (Å²) in [5.41, 5.74) is 6.09. The second kappa shape index (κ2) is 11.6. The zero-order valence-electron chi connectivity index (χ0n) is 14.9. The van der Waals surface area contributed by atoms with Crippen molar-refractivity contribution >= 4 is 30.1 Å². The first-order chi connectivity index (χ1) is 11.6. The van der Waals surface area contributed by atoms with Crippen LogP contribution in [-0.4, -0.2) is 44.6 Å². The van der Waals surface area contributed by atoms with Crippen LogP contribution in [0.4, 0.5) is 0 Å². The number of carbonyl (C=O) groups excluding carboxylic acids is 1. The molecule has 1 saturated heterocycles. The van der Waals surface area contributed by atoms with E-state index in [1.165, 1.54) is 0 Å². The van der Waals surface area contributed by atoms with Crippen molar-refractivity contribution in [2.45, 2.75) is 30.7 Å². The van der Waals surface area contributed by atoms with Crippen molar-refractivity contribution in [3.05, 3.63) is 24.3 Å². The van der Waals surface area contributed by atoms with E-state index in [1.807, 2.05) is 18.2 Å². The monoisotopic (exact) mass is 388 g/mol. The molecule has 142 valence electrons. The molecule has 2 rings (SSSR count). The Bertz CT molecular complexity index is 527. The molecule has 1 fully saturated rings. The molecule has 3 N–H and O–H groups in total. The van der Waals surface area contributed by atoms with E-state index in [4.69, 9.17) is 15.2 Å². The first kappa shape index (κ1) is 22.1. The van der Waals surface area contributed by atoms with Crippen LogP contribution in [0.3, 0.4) is 0 Å². The summed E-state index contributed by atoms with van der Waals surface area (Å²) >= 11 is 1.74. The van der Waals surface area contributed by atoms with Gasteiger partial charge < -0.3 is 20.5 Å². The maximum atomic E-state index is 12.2. The van der Waals surface area contributed by atoms with Crippen molar-refractivity contribution < 1.29 is 14.3 Å². The Morgan fingerprint density at radius 1 is 1.40 bits per heavy atom. The summed E-state index contributed by atoms with van der Waals surface area (Å²) in [6, 6.07) is 7.55. The molecule has 0 bridgehead atoms. The average molecular weight is 389 g/mol. The fraction of sp³-hybridized carbons (Fsp3) is 0.611. The Balaban J connectivity index is 0.00000312. The highest BCUT2D eigenvalue weighted by Gasteiger charge is 2.26. The van der Waals surface area contributed by atoms with Crippen LogP contribution < -0.4 is 15.8 Å². The first-order valence-electron chi connectivity index (χ1n) is 8.48. The number of carbonyl (C=O) groups is 1. The van der Waals surface area contributed by atoms with Gasteiger partial charge in [0.2, 0.25) is 5.91 Å². The van der Waals surface area contributed by atoms with Gasteiger partial charge in [0.15, 0.2) is 0 Å². The van der Waals surface area contributed by atoms with Crippen molar-refractivity contribution in [2.24, 2.45) is 17.6 Å². The molecule has 1 heterocycles. The lowest BCUT2D eigenvalue weighted by molar-refractivity contribution is -0.124. The van der Waals surface area contributed by atoms with Gasteiger partial charge in [0.1, 0.15) is 5.75 Å². The van der Waals surface area contributed by atoms with E-state index >= 15 is 0 Å². The fourth-order valence-electron chi connectivity index (χ4n) is 2.71. The summed E-state index contributed by atoms with van der Waals surface area (Å²) in [7, 11) is 1.68. The number of nitrogens with one attached hydrogen (secondary N) is 1. The van der Waals surface area contributed by atoms with Crippen molar-refractivity contribution in [3.63, 3.8) is 0 Å². The van der Waals surface area contributed by atoms with Gasteiger partial charge in [-0.25, -0.2) is 0 Å². The highest BCUT2D eigenvalue weighted by Crippen LogP contribution is 2.29. The maximum Gasteiger partial charge on any atom is 0.237 e. The number of thioether (sulfide) groups is 1. The van der Waals surface area contributed by atoms with Gasteiger partial charge >= 0.3 is 0 Å². The van der Waals surface area contributed by atoms with Gasteiger partial charge in [0.05, 0.1) is 13.2 Å². The molecule has 1 aromatic rings. The highest BCUT2D eigenvalue weighted by molar-refractivity contribution is 7.99. The molecule has 1 aliphatic heterocycles. The number of halogens is 1. The average Bonchev–Trinajstić information content (AvgIpc) is 2.64. The molecular weight excluding hydrogens is 360 g/mol. The minimum atomic E-state index is -0.428. The van der Waals surface area contributed by atoms with Crippen LogP contribution in [-0.2, 0) is 9.53 Å². The summed E-state index contributed by atoms with van der Waals surface area (Å²) in [6.07, 6.45) is 1.74. The van der Waals surface area contributed by atoms with Crippen LogP contribution in [0, 0.1) is 11.8 Å². The number of nitrogens with two attached hydrogens (primary N) is 1. The normalized spacial score (nSPS) is 17.2.